The Kier molecular flexibility index (Phi) is 5.13. The number of hydrogen-bond donors (Lipinski definition) is 1. The van der Waals surface area contributed by atoms with E-state index in [-0.39, 0.29) is 23.1 Å². The number of fused-ring (bicyclic) bond motifs is 2. The van der Waals surface area contributed by atoms with E-state index in [0.29, 0.717) is 17.0 Å². The second-order valence-corrected chi connectivity index (χ2v) is 7.64. The van der Waals surface area contributed by atoms with Gasteiger partial charge < -0.3 is 15.0 Å². The predicted molar refractivity (Wildman–Crippen MR) is 104 cm³/mol. The molecule has 2 aliphatic rings. The van der Waals surface area contributed by atoms with Gasteiger partial charge in [0.1, 0.15) is 11.6 Å². The topological polar surface area (TPSA) is 58.6 Å². The molecule has 0 aliphatic carbocycles. The van der Waals surface area contributed by atoms with Crippen LogP contribution in [0.3, 0.4) is 0 Å². The highest BCUT2D eigenvalue weighted by atomic mass is 19.1. The Morgan fingerprint density at radius 1 is 0.964 bits per heavy atom. The second-order valence-electron chi connectivity index (χ2n) is 7.64. The number of carbonyl (C=O) groups is 2. The zero-order valence-corrected chi connectivity index (χ0v) is 15.6. The summed E-state index contributed by atoms with van der Waals surface area (Å²) in [5.74, 6) is -0.392. The lowest BCUT2D eigenvalue weighted by Crippen LogP contribution is -2.52. The first-order valence-corrected chi connectivity index (χ1v) is 9.66. The summed E-state index contributed by atoms with van der Waals surface area (Å²) < 4.78 is 18.6. The molecule has 146 valence electrons. The third-order valence-electron chi connectivity index (χ3n) is 5.65. The number of halogens is 1. The minimum Gasteiger partial charge on any atom is -0.426 e. The number of carbonyl (C=O) groups excluding carboxylic acids is 2. The normalized spacial score (nSPS) is 23.7. The van der Waals surface area contributed by atoms with E-state index >= 15 is 0 Å². The fraction of sp³-hybridized carbons (Fsp3) is 0.364. The number of esters is 1. The van der Waals surface area contributed by atoms with Crippen LogP contribution >= 0.6 is 0 Å². The Hall–Kier alpha value is -2.73. The number of nitrogens with zero attached hydrogens (tertiary/aromatic N) is 1. The highest BCUT2D eigenvalue weighted by molar-refractivity contribution is 6.04. The van der Waals surface area contributed by atoms with E-state index < -0.39 is 0 Å². The van der Waals surface area contributed by atoms with Crippen molar-refractivity contribution in [2.75, 3.05) is 25.0 Å². The molecule has 0 radical (unpaired) electrons. The van der Waals surface area contributed by atoms with Gasteiger partial charge in [-0.1, -0.05) is 0 Å². The lowest BCUT2D eigenvalue weighted by Gasteiger charge is -2.45. The molecule has 6 heteroatoms. The molecule has 1 amide bonds. The SMILES string of the molecule is O=C(Nc1ccc(OC(=O)C23CCCN(CCC2)C3)cc1)c1ccc(F)cc1. The molecule has 2 aliphatic heterocycles. The summed E-state index contributed by atoms with van der Waals surface area (Å²) in [6.07, 6.45) is 3.83. The average Bonchev–Trinajstić information content (AvgIpc) is 2.70. The van der Waals surface area contributed by atoms with Crippen molar-refractivity contribution in [3.8, 4) is 5.75 Å². The Morgan fingerprint density at radius 3 is 2.25 bits per heavy atom. The van der Waals surface area contributed by atoms with Gasteiger partial charge in [0.15, 0.2) is 0 Å². The zero-order valence-electron chi connectivity index (χ0n) is 15.6. The monoisotopic (exact) mass is 382 g/mol. The van der Waals surface area contributed by atoms with Gasteiger partial charge in [-0.15, -0.1) is 0 Å². The van der Waals surface area contributed by atoms with Crippen molar-refractivity contribution < 1.29 is 18.7 Å². The number of rotatable bonds is 4. The van der Waals surface area contributed by atoms with E-state index in [1.54, 1.807) is 24.3 Å². The van der Waals surface area contributed by atoms with E-state index in [1.165, 1.54) is 24.3 Å². The van der Waals surface area contributed by atoms with Crippen LogP contribution in [-0.4, -0.2) is 36.4 Å². The molecule has 2 saturated heterocycles. The maximum atomic E-state index is 13.0. The molecule has 28 heavy (non-hydrogen) atoms. The van der Waals surface area contributed by atoms with Gasteiger partial charge >= 0.3 is 5.97 Å². The van der Waals surface area contributed by atoms with Gasteiger partial charge in [-0.05, 0) is 87.3 Å². The number of anilines is 1. The molecule has 2 fully saturated rings. The number of amides is 1. The van der Waals surface area contributed by atoms with Crippen LogP contribution in [0.15, 0.2) is 48.5 Å². The van der Waals surface area contributed by atoms with E-state index in [1.807, 2.05) is 0 Å². The Morgan fingerprint density at radius 2 is 1.61 bits per heavy atom. The molecular weight excluding hydrogens is 359 g/mol. The minimum absolute atomic E-state index is 0.153. The number of benzene rings is 2. The molecule has 4 rings (SSSR count). The molecule has 0 aromatic heterocycles. The quantitative estimate of drug-likeness (QED) is 0.644. The summed E-state index contributed by atoms with van der Waals surface area (Å²) in [7, 11) is 0. The molecule has 5 nitrogen and oxygen atoms in total. The van der Waals surface area contributed by atoms with Gasteiger partial charge in [0.05, 0.1) is 5.41 Å². The molecule has 0 spiro atoms. The second kappa shape index (κ2) is 7.72. The fourth-order valence-electron chi connectivity index (χ4n) is 4.16. The lowest BCUT2D eigenvalue weighted by molar-refractivity contribution is -0.152. The summed E-state index contributed by atoms with van der Waals surface area (Å²) in [6.45, 7) is 2.92. The first-order chi connectivity index (χ1) is 13.5. The smallest absolute Gasteiger partial charge is 0.318 e. The predicted octanol–water partition coefficient (Wildman–Crippen LogP) is 3.86. The van der Waals surface area contributed by atoms with Crippen molar-refractivity contribution in [1.82, 2.24) is 4.90 Å². The molecule has 0 atom stereocenters. The zero-order chi connectivity index (χ0) is 19.6. The minimum atomic E-state index is -0.388. The maximum Gasteiger partial charge on any atom is 0.318 e. The molecule has 2 bridgehead atoms. The van der Waals surface area contributed by atoms with Crippen molar-refractivity contribution in [3.63, 3.8) is 0 Å². The van der Waals surface area contributed by atoms with Gasteiger partial charge in [0.2, 0.25) is 0 Å². The van der Waals surface area contributed by atoms with Crippen LogP contribution in [0.2, 0.25) is 0 Å². The van der Waals surface area contributed by atoms with E-state index in [9.17, 15) is 14.0 Å². The molecule has 0 unspecified atom stereocenters. The first kappa shape index (κ1) is 18.6. The van der Waals surface area contributed by atoms with Crippen LogP contribution in [-0.2, 0) is 4.79 Å². The van der Waals surface area contributed by atoms with Crippen LogP contribution in [0.4, 0.5) is 10.1 Å². The number of hydrogen-bond acceptors (Lipinski definition) is 4. The molecule has 1 N–H and O–H groups in total. The summed E-state index contributed by atoms with van der Waals surface area (Å²) in [5, 5.41) is 2.75. The Labute approximate surface area is 163 Å². The average molecular weight is 382 g/mol. The van der Waals surface area contributed by atoms with Crippen molar-refractivity contribution in [2.45, 2.75) is 25.7 Å². The van der Waals surface area contributed by atoms with Crippen molar-refractivity contribution in [3.05, 3.63) is 59.9 Å². The summed E-state index contributed by atoms with van der Waals surface area (Å²) >= 11 is 0. The van der Waals surface area contributed by atoms with Gasteiger partial charge in [-0.25, -0.2) is 4.39 Å². The van der Waals surface area contributed by atoms with Gasteiger partial charge in [-0.3, -0.25) is 9.59 Å². The standard InChI is InChI=1S/C22H23FN2O3/c23-17-5-3-16(4-6-17)20(26)24-18-7-9-19(10-8-18)28-21(27)22-11-1-13-25(15-22)14-2-12-22/h3-10H,1-2,11-15H2,(H,24,26). The number of piperidine rings is 2. The van der Waals surface area contributed by atoms with Crippen LogP contribution in [0.1, 0.15) is 36.0 Å². The van der Waals surface area contributed by atoms with Gasteiger partial charge in [-0.2, -0.15) is 0 Å². The Bertz CT molecular complexity index is 854. The number of ether oxygens (including phenoxy) is 1. The summed E-state index contributed by atoms with van der Waals surface area (Å²) in [5.41, 5.74) is 0.565. The van der Waals surface area contributed by atoms with E-state index in [2.05, 4.69) is 10.2 Å². The largest absolute Gasteiger partial charge is 0.426 e. The first-order valence-electron chi connectivity index (χ1n) is 9.66. The molecular formula is C22H23FN2O3. The van der Waals surface area contributed by atoms with E-state index in [4.69, 9.17) is 4.74 Å². The highest BCUT2D eigenvalue weighted by Gasteiger charge is 2.45. The molecule has 2 aromatic rings. The van der Waals surface area contributed by atoms with Crippen LogP contribution < -0.4 is 10.1 Å². The van der Waals surface area contributed by atoms with E-state index in [0.717, 1.165) is 45.3 Å². The van der Waals surface area contributed by atoms with Crippen molar-refractivity contribution in [1.29, 1.82) is 0 Å². The Balaban J connectivity index is 1.38. The van der Waals surface area contributed by atoms with Gasteiger partial charge in [0, 0.05) is 17.8 Å². The van der Waals surface area contributed by atoms with Crippen molar-refractivity contribution in [2.24, 2.45) is 5.41 Å². The van der Waals surface area contributed by atoms with Crippen LogP contribution in [0.5, 0.6) is 5.75 Å². The van der Waals surface area contributed by atoms with Crippen LogP contribution in [0, 0.1) is 11.2 Å². The molecule has 0 saturated carbocycles. The summed E-state index contributed by atoms with van der Waals surface area (Å²) in [4.78, 5) is 27.4. The lowest BCUT2D eigenvalue weighted by atomic mass is 9.73. The van der Waals surface area contributed by atoms with Gasteiger partial charge in [0.25, 0.3) is 5.91 Å². The third kappa shape index (κ3) is 3.92. The van der Waals surface area contributed by atoms with Crippen LogP contribution in [0.25, 0.3) is 0 Å². The molecule has 2 aromatic carbocycles. The fourth-order valence-corrected chi connectivity index (χ4v) is 4.16. The maximum absolute atomic E-state index is 13.0. The summed E-state index contributed by atoms with van der Waals surface area (Å²) in [6, 6.07) is 12.1. The van der Waals surface area contributed by atoms with Crippen molar-refractivity contribution >= 4 is 17.6 Å². The number of nitrogens with one attached hydrogen (secondary N) is 1. The highest BCUT2D eigenvalue weighted by Crippen LogP contribution is 2.39. The molecule has 2 heterocycles. The third-order valence-corrected chi connectivity index (χ3v) is 5.65.